The van der Waals surface area contributed by atoms with Gasteiger partial charge in [-0.25, -0.2) is 9.97 Å². The Labute approximate surface area is 246 Å². The Morgan fingerprint density at radius 2 is 1.21 bits per heavy atom. The average Bonchev–Trinajstić information content (AvgIpc) is 3.61. The third-order valence-corrected chi connectivity index (χ3v) is 9.39. The monoisotopic (exact) mass is 553 g/mol. The zero-order valence-electron chi connectivity index (χ0n) is 22.5. The molecular weight excluding hydrogens is 531 g/mol. The summed E-state index contributed by atoms with van der Waals surface area (Å²) in [5.74, 6) is 0.724. The maximum Gasteiger partial charge on any atom is 0.160 e. The zero-order valence-corrected chi connectivity index (χ0v) is 23.3. The van der Waals surface area contributed by atoms with Crippen LogP contribution in [-0.4, -0.2) is 14.5 Å². The fraction of sp³-hybridized carbons (Fsp3) is 0. The summed E-state index contributed by atoms with van der Waals surface area (Å²) in [6.45, 7) is 0. The molecule has 42 heavy (non-hydrogen) atoms. The van der Waals surface area contributed by atoms with E-state index >= 15 is 0 Å². The number of nitrogens with zero attached hydrogens (tertiary/aromatic N) is 3. The van der Waals surface area contributed by atoms with E-state index in [-0.39, 0.29) is 0 Å². The minimum atomic E-state index is 0.724. The van der Waals surface area contributed by atoms with Crippen molar-refractivity contribution < 1.29 is 0 Å². The van der Waals surface area contributed by atoms with Crippen molar-refractivity contribution in [3.63, 3.8) is 0 Å². The molecule has 0 amide bonds. The maximum absolute atomic E-state index is 5.15. The molecule has 3 heterocycles. The van der Waals surface area contributed by atoms with Gasteiger partial charge < -0.3 is 4.57 Å². The van der Waals surface area contributed by atoms with Crippen LogP contribution in [0.15, 0.2) is 140 Å². The number of thiophene rings is 1. The lowest BCUT2D eigenvalue weighted by Crippen LogP contribution is -1.97. The van der Waals surface area contributed by atoms with Crippen LogP contribution in [0.4, 0.5) is 0 Å². The summed E-state index contributed by atoms with van der Waals surface area (Å²) in [5.41, 5.74) is 7.51. The molecule has 0 fully saturated rings. The van der Waals surface area contributed by atoms with E-state index in [4.69, 9.17) is 9.97 Å². The molecule has 3 nitrogen and oxygen atoms in total. The lowest BCUT2D eigenvalue weighted by Gasteiger charge is -2.12. The molecule has 0 radical (unpaired) electrons. The summed E-state index contributed by atoms with van der Waals surface area (Å²) in [4.78, 5) is 10.2. The van der Waals surface area contributed by atoms with Gasteiger partial charge in [-0.2, -0.15) is 0 Å². The summed E-state index contributed by atoms with van der Waals surface area (Å²) in [5, 5.41) is 6.18. The predicted octanol–water partition coefficient (Wildman–Crippen LogP) is 10.4. The quantitative estimate of drug-likeness (QED) is 0.218. The van der Waals surface area contributed by atoms with E-state index < -0.39 is 0 Å². The Kier molecular flexibility index (Phi) is 5.07. The van der Waals surface area contributed by atoms with Crippen LogP contribution in [0.3, 0.4) is 0 Å². The number of rotatable bonds is 3. The second-order valence-corrected chi connectivity index (χ2v) is 11.7. The maximum atomic E-state index is 5.15. The lowest BCUT2D eigenvalue weighted by atomic mass is 10.1. The van der Waals surface area contributed by atoms with Crippen molar-refractivity contribution in [2.45, 2.75) is 0 Å². The molecule has 0 atom stereocenters. The van der Waals surface area contributed by atoms with E-state index in [0.717, 1.165) is 39.2 Å². The van der Waals surface area contributed by atoms with Crippen molar-refractivity contribution in [3.8, 4) is 28.3 Å². The summed E-state index contributed by atoms with van der Waals surface area (Å²) < 4.78 is 5.04. The average molecular weight is 554 g/mol. The van der Waals surface area contributed by atoms with Crippen LogP contribution < -0.4 is 0 Å². The van der Waals surface area contributed by atoms with E-state index in [1.165, 1.54) is 42.0 Å². The molecule has 0 bridgehead atoms. The van der Waals surface area contributed by atoms with Crippen molar-refractivity contribution in [3.05, 3.63) is 140 Å². The highest BCUT2D eigenvalue weighted by Crippen LogP contribution is 2.43. The fourth-order valence-electron chi connectivity index (χ4n) is 6.30. The van der Waals surface area contributed by atoms with Crippen LogP contribution in [0.25, 0.3) is 81.2 Å². The Morgan fingerprint density at radius 3 is 2.12 bits per heavy atom. The standard InChI is InChI=1S/C38H23N3S/c1-2-11-24(12-3-1)35-31-17-4-7-18-32(31)39-38(40-35)25-13-10-14-26(23-25)41-33-19-8-5-15-27(33)29-21-22-30-28-16-6-9-20-34(28)42-37(30)36(29)41/h1-23H. The molecule has 3 aromatic heterocycles. The minimum Gasteiger partial charge on any atom is -0.308 e. The molecule has 0 spiro atoms. The molecule has 9 rings (SSSR count). The molecule has 4 heteroatoms. The fourth-order valence-corrected chi connectivity index (χ4v) is 7.55. The Balaban J connectivity index is 1.32. The minimum absolute atomic E-state index is 0.724. The van der Waals surface area contributed by atoms with Gasteiger partial charge in [0.05, 0.1) is 26.9 Å². The van der Waals surface area contributed by atoms with Crippen LogP contribution in [0.2, 0.25) is 0 Å². The second-order valence-electron chi connectivity index (χ2n) is 10.6. The lowest BCUT2D eigenvalue weighted by molar-refractivity contribution is 1.18. The molecule has 0 N–H and O–H groups in total. The number of hydrogen-bond donors (Lipinski definition) is 0. The molecule has 0 saturated carbocycles. The van der Waals surface area contributed by atoms with Crippen molar-refractivity contribution in [1.82, 2.24) is 14.5 Å². The van der Waals surface area contributed by atoms with Gasteiger partial charge in [0.1, 0.15) is 0 Å². The van der Waals surface area contributed by atoms with E-state index in [2.05, 4.69) is 132 Å². The van der Waals surface area contributed by atoms with Crippen molar-refractivity contribution in [1.29, 1.82) is 0 Å². The molecule has 0 aliphatic heterocycles. The third kappa shape index (κ3) is 3.46. The highest BCUT2D eigenvalue weighted by molar-refractivity contribution is 7.26. The van der Waals surface area contributed by atoms with Gasteiger partial charge in [0.15, 0.2) is 5.82 Å². The number of benzene rings is 6. The molecule has 196 valence electrons. The van der Waals surface area contributed by atoms with E-state index in [0.29, 0.717) is 0 Å². The van der Waals surface area contributed by atoms with Gasteiger partial charge in [-0.1, -0.05) is 109 Å². The van der Waals surface area contributed by atoms with Crippen molar-refractivity contribution in [2.24, 2.45) is 0 Å². The largest absolute Gasteiger partial charge is 0.308 e. The van der Waals surface area contributed by atoms with Crippen LogP contribution >= 0.6 is 11.3 Å². The predicted molar refractivity (Wildman–Crippen MR) is 178 cm³/mol. The second kappa shape index (κ2) is 9.10. The Morgan fingerprint density at radius 1 is 0.500 bits per heavy atom. The molecule has 6 aromatic carbocycles. The summed E-state index contributed by atoms with van der Waals surface area (Å²) in [6.07, 6.45) is 0. The summed E-state index contributed by atoms with van der Waals surface area (Å²) >= 11 is 1.87. The summed E-state index contributed by atoms with van der Waals surface area (Å²) in [7, 11) is 0. The molecule has 0 aliphatic rings. The first kappa shape index (κ1) is 23.4. The molecule has 0 unspecified atom stereocenters. The first-order valence-electron chi connectivity index (χ1n) is 14.1. The zero-order chi connectivity index (χ0) is 27.6. The van der Waals surface area contributed by atoms with Gasteiger partial charge >= 0.3 is 0 Å². The summed E-state index contributed by atoms with van der Waals surface area (Å²) in [6, 6.07) is 49.3. The first-order valence-corrected chi connectivity index (χ1v) is 14.9. The number of fused-ring (bicyclic) bond motifs is 8. The van der Waals surface area contributed by atoms with Crippen LogP contribution in [0.1, 0.15) is 0 Å². The Bertz CT molecular complexity index is 2470. The van der Waals surface area contributed by atoms with Gasteiger partial charge in [-0.05, 0) is 30.3 Å². The van der Waals surface area contributed by atoms with E-state index in [1.807, 2.05) is 23.5 Å². The molecule has 0 aliphatic carbocycles. The highest BCUT2D eigenvalue weighted by Gasteiger charge is 2.18. The molecular formula is C38H23N3S. The molecule has 9 aromatic rings. The van der Waals surface area contributed by atoms with Gasteiger partial charge in [0.25, 0.3) is 0 Å². The Hall–Kier alpha value is -5.32. The topological polar surface area (TPSA) is 30.7 Å². The van der Waals surface area contributed by atoms with Gasteiger partial charge in [0, 0.05) is 48.4 Å². The van der Waals surface area contributed by atoms with E-state index in [9.17, 15) is 0 Å². The number of aromatic nitrogens is 3. The third-order valence-electron chi connectivity index (χ3n) is 8.19. The van der Waals surface area contributed by atoms with E-state index in [1.54, 1.807) is 0 Å². The highest BCUT2D eigenvalue weighted by atomic mass is 32.1. The van der Waals surface area contributed by atoms with Gasteiger partial charge in [-0.3, -0.25) is 0 Å². The normalized spacial score (nSPS) is 11.8. The van der Waals surface area contributed by atoms with Crippen LogP contribution in [0.5, 0.6) is 0 Å². The molecule has 0 saturated heterocycles. The van der Waals surface area contributed by atoms with Crippen LogP contribution in [-0.2, 0) is 0 Å². The SMILES string of the molecule is c1ccc(-c2nc(-c3cccc(-n4c5ccccc5c5ccc6c7ccccc7sc6c54)c3)nc3ccccc23)cc1. The van der Waals surface area contributed by atoms with Gasteiger partial charge in [-0.15, -0.1) is 11.3 Å². The number of hydrogen-bond acceptors (Lipinski definition) is 3. The van der Waals surface area contributed by atoms with Crippen molar-refractivity contribution in [2.75, 3.05) is 0 Å². The van der Waals surface area contributed by atoms with Crippen molar-refractivity contribution >= 4 is 64.2 Å². The smallest absolute Gasteiger partial charge is 0.160 e. The van der Waals surface area contributed by atoms with Crippen LogP contribution in [0, 0.1) is 0 Å². The number of para-hydroxylation sites is 2. The first-order chi connectivity index (χ1) is 20.8. The van der Waals surface area contributed by atoms with Gasteiger partial charge in [0.2, 0.25) is 0 Å².